The number of hydrogen-bond donors (Lipinski definition) is 2. The molecule has 0 bridgehead atoms. The molecule has 5 nitrogen and oxygen atoms in total. The molecule has 0 saturated heterocycles. The fraction of sp³-hybridized carbons (Fsp3) is 0.0714. The highest BCUT2D eigenvalue weighted by atomic mass is 79.9. The van der Waals surface area contributed by atoms with Crippen molar-refractivity contribution in [2.24, 2.45) is 0 Å². The molecule has 0 aliphatic carbocycles. The first-order chi connectivity index (χ1) is 9.65. The van der Waals surface area contributed by atoms with Crippen LogP contribution in [0.2, 0.25) is 0 Å². The molecule has 2 aromatic heterocycles. The number of carbonyl (C=O) groups excluding carboxylic acids is 1. The number of rotatable bonds is 2. The number of H-pyrrole nitrogens is 1. The Morgan fingerprint density at radius 2 is 2.25 bits per heavy atom. The second-order valence-electron chi connectivity index (χ2n) is 4.41. The van der Waals surface area contributed by atoms with Crippen LogP contribution in [0.25, 0.3) is 10.9 Å². The zero-order valence-electron chi connectivity index (χ0n) is 10.6. The third-order valence-corrected chi connectivity index (χ3v) is 3.65. The van der Waals surface area contributed by atoms with Crippen molar-refractivity contribution in [2.45, 2.75) is 6.92 Å². The van der Waals surface area contributed by atoms with Crippen molar-refractivity contribution < 1.29 is 4.79 Å². The van der Waals surface area contributed by atoms with E-state index in [1.807, 2.05) is 19.1 Å². The van der Waals surface area contributed by atoms with Crippen LogP contribution in [0.4, 0.5) is 5.69 Å². The highest BCUT2D eigenvalue weighted by Gasteiger charge is 2.13. The highest BCUT2D eigenvalue weighted by molar-refractivity contribution is 9.10. The summed E-state index contributed by atoms with van der Waals surface area (Å²) in [4.78, 5) is 16.3. The Balaban J connectivity index is 1.95. The van der Waals surface area contributed by atoms with Crippen molar-refractivity contribution in [1.82, 2.24) is 15.2 Å². The maximum Gasteiger partial charge on any atom is 0.275 e. The highest BCUT2D eigenvalue weighted by Crippen LogP contribution is 2.23. The van der Waals surface area contributed by atoms with Crippen LogP contribution in [-0.4, -0.2) is 21.1 Å². The van der Waals surface area contributed by atoms with E-state index in [-0.39, 0.29) is 5.91 Å². The third-order valence-electron chi connectivity index (χ3n) is 3.01. The smallest absolute Gasteiger partial charge is 0.275 e. The van der Waals surface area contributed by atoms with Crippen LogP contribution >= 0.6 is 15.9 Å². The normalized spacial score (nSPS) is 10.7. The summed E-state index contributed by atoms with van der Waals surface area (Å²) in [6.45, 7) is 1.94. The van der Waals surface area contributed by atoms with Gasteiger partial charge >= 0.3 is 0 Å². The molecule has 3 aromatic rings. The van der Waals surface area contributed by atoms with E-state index in [0.717, 1.165) is 22.2 Å². The number of aromatic nitrogens is 3. The summed E-state index contributed by atoms with van der Waals surface area (Å²) in [7, 11) is 0. The van der Waals surface area contributed by atoms with Gasteiger partial charge in [0.1, 0.15) is 5.69 Å². The zero-order valence-corrected chi connectivity index (χ0v) is 12.2. The minimum Gasteiger partial charge on any atom is -0.320 e. The van der Waals surface area contributed by atoms with Gasteiger partial charge in [-0.3, -0.25) is 9.89 Å². The number of aromatic amines is 1. The lowest BCUT2D eigenvalue weighted by atomic mass is 10.1. The molecule has 0 radical (unpaired) electrons. The summed E-state index contributed by atoms with van der Waals surface area (Å²) >= 11 is 3.32. The molecular weight excluding hydrogens is 320 g/mol. The molecule has 3 rings (SSSR count). The van der Waals surface area contributed by atoms with Crippen LogP contribution < -0.4 is 5.32 Å². The second-order valence-corrected chi connectivity index (χ2v) is 5.27. The third kappa shape index (κ3) is 2.30. The van der Waals surface area contributed by atoms with E-state index in [2.05, 4.69) is 36.4 Å². The zero-order chi connectivity index (χ0) is 14.1. The van der Waals surface area contributed by atoms with E-state index < -0.39 is 0 Å². The SMILES string of the molecule is Cc1cc2cn[nH]c2cc1NC(=O)c1ncccc1Br. The van der Waals surface area contributed by atoms with E-state index in [1.165, 1.54) is 0 Å². The lowest BCUT2D eigenvalue weighted by Crippen LogP contribution is -2.15. The van der Waals surface area contributed by atoms with E-state index >= 15 is 0 Å². The number of hydrogen-bond acceptors (Lipinski definition) is 3. The van der Waals surface area contributed by atoms with Gasteiger partial charge in [-0.05, 0) is 52.7 Å². The minimum absolute atomic E-state index is 0.251. The number of halogens is 1. The molecule has 1 aromatic carbocycles. The topological polar surface area (TPSA) is 70.7 Å². The molecule has 0 saturated carbocycles. The van der Waals surface area contributed by atoms with Crippen molar-refractivity contribution >= 4 is 38.4 Å². The second kappa shape index (κ2) is 5.05. The maximum absolute atomic E-state index is 12.2. The van der Waals surface area contributed by atoms with Crippen LogP contribution in [0.1, 0.15) is 16.1 Å². The van der Waals surface area contributed by atoms with Gasteiger partial charge in [0, 0.05) is 21.7 Å². The predicted molar refractivity (Wildman–Crippen MR) is 80.7 cm³/mol. The number of aryl methyl sites for hydroxylation is 1. The molecule has 20 heavy (non-hydrogen) atoms. The molecule has 0 aliphatic rings. The lowest BCUT2D eigenvalue weighted by molar-refractivity contribution is 0.102. The van der Waals surface area contributed by atoms with Crippen LogP contribution in [0, 0.1) is 6.92 Å². The summed E-state index contributed by atoms with van der Waals surface area (Å²) < 4.78 is 0.665. The molecule has 0 aliphatic heterocycles. The van der Waals surface area contributed by atoms with Gasteiger partial charge in [-0.1, -0.05) is 0 Å². The molecule has 100 valence electrons. The van der Waals surface area contributed by atoms with Crippen molar-refractivity contribution in [1.29, 1.82) is 0 Å². The quantitative estimate of drug-likeness (QED) is 0.757. The van der Waals surface area contributed by atoms with Gasteiger partial charge in [0.2, 0.25) is 0 Å². The van der Waals surface area contributed by atoms with E-state index in [0.29, 0.717) is 10.2 Å². The Hall–Kier alpha value is -2.21. The Kier molecular flexibility index (Phi) is 3.23. The number of nitrogens with one attached hydrogen (secondary N) is 2. The Labute approximate surface area is 123 Å². The van der Waals surface area contributed by atoms with Gasteiger partial charge < -0.3 is 5.32 Å². The van der Waals surface area contributed by atoms with Crippen LogP contribution in [0.15, 0.2) is 41.1 Å². The Bertz CT molecular complexity index is 797. The van der Waals surface area contributed by atoms with E-state index in [9.17, 15) is 4.79 Å². The molecule has 2 heterocycles. The number of pyridine rings is 1. The lowest BCUT2D eigenvalue weighted by Gasteiger charge is -2.09. The number of amides is 1. The summed E-state index contributed by atoms with van der Waals surface area (Å²) in [5, 5.41) is 10.7. The summed E-state index contributed by atoms with van der Waals surface area (Å²) in [5.41, 5.74) is 2.95. The molecule has 2 N–H and O–H groups in total. The average Bonchev–Trinajstić information content (AvgIpc) is 2.86. The molecule has 0 unspecified atom stereocenters. The number of nitrogens with zero attached hydrogens (tertiary/aromatic N) is 2. The summed E-state index contributed by atoms with van der Waals surface area (Å²) in [5.74, 6) is -0.251. The van der Waals surface area contributed by atoms with Gasteiger partial charge in [-0.2, -0.15) is 5.10 Å². The monoisotopic (exact) mass is 330 g/mol. The molecule has 0 fully saturated rings. The largest absolute Gasteiger partial charge is 0.320 e. The first-order valence-corrected chi connectivity index (χ1v) is 6.80. The van der Waals surface area contributed by atoms with Crippen molar-refractivity contribution in [3.63, 3.8) is 0 Å². The summed E-state index contributed by atoms with van der Waals surface area (Å²) in [6.07, 6.45) is 3.34. The fourth-order valence-electron chi connectivity index (χ4n) is 1.97. The van der Waals surface area contributed by atoms with Gasteiger partial charge in [0.15, 0.2) is 0 Å². The van der Waals surface area contributed by atoms with Gasteiger partial charge in [0.05, 0.1) is 11.7 Å². The molecule has 0 spiro atoms. The molecule has 0 atom stereocenters. The van der Waals surface area contributed by atoms with Crippen molar-refractivity contribution in [2.75, 3.05) is 5.32 Å². The van der Waals surface area contributed by atoms with Gasteiger partial charge in [-0.25, -0.2) is 4.98 Å². The van der Waals surface area contributed by atoms with Crippen molar-refractivity contribution in [3.05, 3.63) is 52.4 Å². The number of benzene rings is 1. The minimum atomic E-state index is -0.251. The van der Waals surface area contributed by atoms with Crippen LogP contribution in [0.5, 0.6) is 0 Å². The molecular formula is C14H11BrN4O. The number of fused-ring (bicyclic) bond motifs is 1. The van der Waals surface area contributed by atoms with Crippen molar-refractivity contribution in [3.8, 4) is 0 Å². The van der Waals surface area contributed by atoms with Crippen LogP contribution in [-0.2, 0) is 0 Å². The predicted octanol–water partition coefficient (Wildman–Crippen LogP) is 3.28. The van der Waals surface area contributed by atoms with Gasteiger partial charge in [0.25, 0.3) is 5.91 Å². The Morgan fingerprint density at radius 1 is 1.40 bits per heavy atom. The first-order valence-electron chi connectivity index (χ1n) is 6.01. The maximum atomic E-state index is 12.2. The van der Waals surface area contributed by atoms with Crippen LogP contribution in [0.3, 0.4) is 0 Å². The van der Waals surface area contributed by atoms with E-state index in [4.69, 9.17) is 0 Å². The fourth-order valence-corrected chi connectivity index (χ4v) is 2.41. The van der Waals surface area contributed by atoms with E-state index in [1.54, 1.807) is 24.5 Å². The molecule has 6 heteroatoms. The number of anilines is 1. The standard InChI is InChI=1S/C14H11BrN4O/c1-8-5-9-7-17-19-12(9)6-11(8)18-14(20)13-10(15)3-2-4-16-13/h2-7H,1H3,(H,17,19)(H,18,20). The average molecular weight is 331 g/mol. The molecule has 1 amide bonds. The number of carbonyl (C=O) groups is 1. The van der Waals surface area contributed by atoms with Gasteiger partial charge in [-0.15, -0.1) is 0 Å². The summed E-state index contributed by atoms with van der Waals surface area (Å²) in [6, 6.07) is 7.39. The first kappa shape index (κ1) is 12.8. The Morgan fingerprint density at radius 3 is 3.05 bits per heavy atom.